The molecule has 0 unspecified atom stereocenters. The van der Waals surface area contributed by atoms with E-state index in [1.165, 1.54) is 18.2 Å². The summed E-state index contributed by atoms with van der Waals surface area (Å²) in [4.78, 5) is 22.7. The molecule has 0 heterocycles. The molecule has 3 aromatic rings. The van der Waals surface area contributed by atoms with Gasteiger partial charge in [-0.2, -0.15) is 0 Å². The normalized spacial score (nSPS) is 11.8. The number of carbonyl (C=O) groups is 1. The summed E-state index contributed by atoms with van der Waals surface area (Å²) in [7, 11) is 0. The first-order chi connectivity index (χ1) is 13.0. The average Bonchev–Trinajstić information content (AvgIpc) is 2.66. The molecule has 0 aromatic heterocycles. The molecule has 1 N–H and O–H groups in total. The molecule has 0 spiro atoms. The summed E-state index contributed by atoms with van der Waals surface area (Å²) >= 11 is 5.77. The van der Waals surface area contributed by atoms with Crippen LogP contribution in [-0.4, -0.2) is 17.4 Å². The predicted molar refractivity (Wildman–Crippen MR) is 104 cm³/mol. The maximum atomic E-state index is 12.3. The first-order valence-corrected chi connectivity index (χ1v) is 8.67. The van der Waals surface area contributed by atoms with Crippen molar-refractivity contribution in [2.24, 2.45) is 0 Å². The van der Waals surface area contributed by atoms with Gasteiger partial charge in [0.25, 0.3) is 5.91 Å². The van der Waals surface area contributed by atoms with Crippen LogP contribution in [0.15, 0.2) is 60.7 Å². The van der Waals surface area contributed by atoms with Crippen molar-refractivity contribution in [1.29, 1.82) is 0 Å². The number of nitro groups is 1. The second kappa shape index (κ2) is 8.05. The van der Waals surface area contributed by atoms with E-state index in [2.05, 4.69) is 5.32 Å². The molecule has 0 aliphatic heterocycles. The van der Waals surface area contributed by atoms with E-state index in [0.717, 1.165) is 16.3 Å². The van der Waals surface area contributed by atoms with E-state index in [-0.39, 0.29) is 35.0 Å². The molecular formula is C20H17ClN2O4. The van der Waals surface area contributed by atoms with Gasteiger partial charge in [0.2, 0.25) is 0 Å². The lowest BCUT2D eigenvalue weighted by atomic mass is 10.00. The van der Waals surface area contributed by atoms with E-state index in [1.54, 1.807) is 0 Å². The van der Waals surface area contributed by atoms with Crippen LogP contribution in [0.4, 0.5) is 5.69 Å². The lowest BCUT2D eigenvalue weighted by molar-refractivity contribution is -0.385. The van der Waals surface area contributed by atoms with E-state index in [4.69, 9.17) is 16.3 Å². The maximum absolute atomic E-state index is 12.3. The third-order valence-corrected chi connectivity index (χ3v) is 4.38. The van der Waals surface area contributed by atoms with Gasteiger partial charge in [-0.1, -0.05) is 54.1 Å². The lowest BCUT2D eigenvalue weighted by Gasteiger charge is -2.17. The molecule has 0 saturated carbocycles. The van der Waals surface area contributed by atoms with Gasteiger partial charge in [0, 0.05) is 11.1 Å². The Morgan fingerprint density at radius 2 is 1.93 bits per heavy atom. The van der Waals surface area contributed by atoms with Gasteiger partial charge in [-0.15, -0.1) is 0 Å². The molecule has 3 rings (SSSR count). The van der Waals surface area contributed by atoms with Crippen molar-refractivity contribution in [1.82, 2.24) is 5.32 Å². The highest BCUT2D eigenvalue weighted by Crippen LogP contribution is 2.30. The summed E-state index contributed by atoms with van der Waals surface area (Å²) in [6.45, 7) is 1.54. The number of nitrogens with one attached hydrogen (secondary N) is 1. The van der Waals surface area contributed by atoms with Gasteiger partial charge in [0.05, 0.1) is 11.0 Å². The molecule has 0 bridgehead atoms. The molecule has 1 atom stereocenters. The van der Waals surface area contributed by atoms with Crippen LogP contribution in [0.5, 0.6) is 5.75 Å². The number of fused-ring (bicyclic) bond motifs is 1. The number of halogens is 1. The number of carbonyl (C=O) groups excluding carboxylic acids is 1. The van der Waals surface area contributed by atoms with Gasteiger partial charge in [-0.3, -0.25) is 14.9 Å². The first kappa shape index (κ1) is 18.7. The zero-order chi connectivity index (χ0) is 19.4. The van der Waals surface area contributed by atoms with Crippen molar-refractivity contribution in [3.8, 4) is 5.75 Å². The minimum Gasteiger partial charge on any atom is -0.477 e. The minimum atomic E-state index is -0.599. The van der Waals surface area contributed by atoms with E-state index in [9.17, 15) is 14.9 Å². The Bertz CT molecular complexity index is 1000. The number of hydrogen-bond acceptors (Lipinski definition) is 4. The largest absolute Gasteiger partial charge is 0.477 e. The topological polar surface area (TPSA) is 81.5 Å². The molecule has 0 saturated heterocycles. The average molecular weight is 385 g/mol. The van der Waals surface area contributed by atoms with Crippen molar-refractivity contribution >= 4 is 34.0 Å². The van der Waals surface area contributed by atoms with Crippen molar-refractivity contribution in [2.75, 3.05) is 6.61 Å². The number of hydrogen-bond donors (Lipinski definition) is 1. The van der Waals surface area contributed by atoms with Crippen LogP contribution in [0, 0.1) is 10.1 Å². The summed E-state index contributed by atoms with van der Waals surface area (Å²) in [6.07, 6.45) is 0. The van der Waals surface area contributed by atoms with E-state index < -0.39 is 4.92 Å². The molecule has 0 aliphatic carbocycles. The lowest BCUT2D eigenvalue weighted by Crippen LogP contribution is -2.31. The maximum Gasteiger partial charge on any atom is 0.312 e. The summed E-state index contributed by atoms with van der Waals surface area (Å²) < 4.78 is 5.33. The summed E-state index contributed by atoms with van der Waals surface area (Å²) in [5.74, 6) is -0.378. The van der Waals surface area contributed by atoms with Gasteiger partial charge in [0.1, 0.15) is 0 Å². The Hall–Kier alpha value is -3.12. The summed E-state index contributed by atoms with van der Waals surface area (Å²) in [5, 5.41) is 16.3. The van der Waals surface area contributed by atoms with Crippen LogP contribution in [0.2, 0.25) is 5.02 Å². The Kier molecular flexibility index (Phi) is 5.57. The van der Waals surface area contributed by atoms with Crippen LogP contribution in [0.1, 0.15) is 18.5 Å². The fraction of sp³-hybridized carbons (Fsp3) is 0.150. The van der Waals surface area contributed by atoms with Crippen LogP contribution < -0.4 is 10.1 Å². The summed E-state index contributed by atoms with van der Waals surface area (Å²) in [6, 6.07) is 17.6. The first-order valence-electron chi connectivity index (χ1n) is 8.29. The van der Waals surface area contributed by atoms with Crippen LogP contribution in [-0.2, 0) is 4.79 Å². The van der Waals surface area contributed by atoms with Gasteiger partial charge in [0.15, 0.2) is 12.4 Å². The van der Waals surface area contributed by atoms with E-state index in [0.29, 0.717) is 0 Å². The molecule has 0 fully saturated rings. The fourth-order valence-corrected chi connectivity index (χ4v) is 3.05. The molecule has 3 aromatic carbocycles. The Balaban J connectivity index is 1.68. The van der Waals surface area contributed by atoms with Gasteiger partial charge < -0.3 is 10.1 Å². The molecule has 138 valence electrons. The third kappa shape index (κ3) is 4.35. The molecule has 0 radical (unpaired) electrons. The van der Waals surface area contributed by atoms with Crippen LogP contribution in [0.3, 0.4) is 0 Å². The van der Waals surface area contributed by atoms with Crippen molar-refractivity contribution in [2.45, 2.75) is 13.0 Å². The number of rotatable bonds is 6. The monoisotopic (exact) mass is 384 g/mol. The van der Waals surface area contributed by atoms with Crippen LogP contribution in [0.25, 0.3) is 10.8 Å². The van der Waals surface area contributed by atoms with E-state index in [1.807, 2.05) is 49.4 Å². The number of benzene rings is 3. The van der Waals surface area contributed by atoms with Gasteiger partial charge in [-0.25, -0.2) is 0 Å². The predicted octanol–water partition coefficient (Wildman–Crippen LogP) is 4.66. The minimum absolute atomic E-state index is 0.00244. The number of amides is 1. The van der Waals surface area contributed by atoms with Crippen molar-refractivity contribution in [3.63, 3.8) is 0 Å². The highest BCUT2D eigenvalue weighted by atomic mass is 35.5. The molecule has 7 heteroatoms. The second-order valence-electron chi connectivity index (χ2n) is 6.02. The van der Waals surface area contributed by atoms with Crippen molar-refractivity contribution < 1.29 is 14.5 Å². The Labute approximate surface area is 160 Å². The standard InChI is InChI=1S/C20H17ClN2O4/c1-13(16-8-4-6-14-5-2-3-7-17(14)16)22-20(24)12-27-19-10-9-15(21)11-18(19)23(25)26/h2-11,13H,12H2,1H3,(H,22,24)/t13-/m0/s1. The number of ether oxygens (including phenoxy) is 1. The molecule has 27 heavy (non-hydrogen) atoms. The fourth-order valence-electron chi connectivity index (χ4n) is 2.89. The second-order valence-corrected chi connectivity index (χ2v) is 6.45. The summed E-state index contributed by atoms with van der Waals surface area (Å²) in [5.41, 5.74) is 0.705. The SMILES string of the molecule is C[C@H](NC(=O)COc1ccc(Cl)cc1[N+](=O)[O-])c1cccc2ccccc12. The smallest absolute Gasteiger partial charge is 0.312 e. The molecule has 1 amide bonds. The van der Waals surface area contributed by atoms with Gasteiger partial charge in [-0.05, 0) is 35.4 Å². The Morgan fingerprint density at radius 1 is 1.19 bits per heavy atom. The zero-order valence-electron chi connectivity index (χ0n) is 14.5. The quantitative estimate of drug-likeness (QED) is 0.495. The van der Waals surface area contributed by atoms with Crippen LogP contribution >= 0.6 is 11.6 Å². The number of nitrogens with zero attached hydrogens (tertiary/aromatic N) is 1. The molecular weight excluding hydrogens is 368 g/mol. The van der Waals surface area contributed by atoms with Crippen molar-refractivity contribution in [3.05, 3.63) is 81.4 Å². The van der Waals surface area contributed by atoms with Gasteiger partial charge >= 0.3 is 5.69 Å². The highest BCUT2D eigenvalue weighted by molar-refractivity contribution is 6.30. The Morgan fingerprint density at radius 3 is 2.70 bits per heavy atom. The molecule has 6 nitrogen and oxygen atoms in total. The number of nitro benzene ring substituents is 1. The third-order valence-electron chi connectivity index (χ3n) is 4.14. The highest BCUT2D eigenvalue weighted by Gasteiger charge is 2.18. The zero-order valence-corrected chi connectivity index (χ0v) is 15.3. The van der Waals surface area contributed by atoms with E-state index >= 15 is 0 Å². The molecule has 0 aliphatic rings.